The molecule has 0 radical (unpaired) electrons. The first-order valence-corrected chi connectivity index (χ1v) is 13.7. The number of carbonyl (C=O) groups is 1. The van der Waals surface area contributed by atoms with Crippen LogP contribution >= 0.6 is 11.3 Å². The Morgan fingerprint density at radius 2 is 1.96 bits per heavy atom. The highest BCUT2D eigenvalue weighted by molar-refractivity contribution is 7.22. The van der Waals surface area contributed by atoms with Crippen LogP contribution in [0.2, 0.25) is 18.1 Å². The van der Waals surface area contributed by atoms with Crippen molar-refractivity contribution in [3.8, 4) is 0 Å². The predicted molar refractivity (Wildman–Crippen MR) is 120 cm³/mol. The molecule has 154 valence electrons. The molecule has 1 fully saturated rings. The number of anilines is 2. The summed E-state index contributed by atoms with van der Waals surface area (Å²) >= 11 is 1.42. The van der Waals surface area contributed by atoms with E-state index in [1.165, 1.54) is 18.3 Å². The number of nitrogens with zero attached hydrogens (tertiary/aromatic N) is 3. The zero-order valence-corrected chi connectivity index (χ0v) is 19.7. The van der Waals surface area contributed by atoms with E-state index >= 15 is 0 Å². The van der Waals surface area contributed by atoms with Gasteiger partial charge in [0.15, 0.2) is 13.4 Å². The normalized spacial score (nSPS) is 16.6. The second-order valence-electron chi connectivity index (χ2n) is 9.20. The number of aromatic nitrogens is 2. The topological polar surface area (TPSA) is 67.4 Å². The van der Waals surface area contributed by atoms with Gasteiger partial charge in [-0.3, -0.25) is 4.79 Å². The molecule has 0 unspecified atom stereocenters. The first-order chi connectivity index (χ1) is 13.0. The average molecular weight is 421 g/mol. The molecule has 28 heavy (non-hydrogen) atoms. The first-order valence-electron chi connectivity index (χ1n) is 9.99. The van der Waals surface area contributed by atoms with Gasteiger partial charge in [-0.15, -0.1) is 0 Å². The Labute approximate surface area is 172 Å². The van der Waals surface area contributed by atoms with Gasteiger partial charge in [-0.05, 0) is 49.0 Å². The molecule has 3 heterocycles. The van der Waals surface area contributed by atoms with Crippen LogP contribution in [0.3, 0.4) is 0 Å². The number of carbonyl (C=O) groups excluding carboxylic acids is 1. The fraction of sp³-hybridized carbons (Fsp3) is 0.650. The van der Waals surface area contributed by atoms with E-state index in [4.69, 9.17) is 9.41 Å². The molecule has 2 aromatic rings. The quantitative estimate of drug-likeness (QED) is 0.698. The van der Waals surface area contributed by atoms with Gasteiger partial charge in [0, 0.05) is 26.6 Å². The maximum absolute atomic E-state index is 11.2. The smallest absolute Gasteiger partial charge is 0.223 e. The summed E-state index contributed by atoms with van der Waals surface area (Å²) < 4.78 is 6.43. The van der Waals surface area contributed by atoms with Crippen LogP contribution < -0.4 is 10.2 Å². The van der Waals surface area contributed by atoms with E-state index < -0.39 is 8.32 Å². The fourth-order valence-electron chi connectivity index (χ4n) is 3.06. The van der Waals surface area contributed by atoms with E-state index in [1.54, 1.807) is 0 Å². The van der Waals surface area contributed by atoms with Crippen molar-refractivity contribution in [2.24, 2.45) is 5.92 Å². The zero-order chi connectivity index (χ0) is 20.5. The van der Waals surface area contributed by atoms with Crippen LogP contribution in [0.25, 0.3) is 10.3 Å². The minimum Gasteiger partial charge on any atom is -0.417 e. The highest BCUT2D eigenvalue weighted by Gasteiger charge is 2.37. The number of pyridine rings is 1. The molecule has 3 rings (SSSR count). The number of nitrogens with one attached hydrogen (secondary N) is 1. The van der Waals surface area contributed by atoms with Gasteiger partial charge in [-0.2, -0.15) is 0 Å². The van der Waals surface area contributed by atoms with Crippen molar-refractivity contribution in [2.75, 3.05) is 29.9 Å². The summed E-state index contributed by atoms with van der Waals surface area (Å²) in [5.41, 5.74) is 0.829. The Bertz CT molecular complexity index is 838. The Kier molecular flexibility index (Phi) is 6.12. The summed E-state index contributed by atoms with van der Waals surface area (Å²) in [5.74, 6) is 1.51. The van der Waals surface area contributed by atoms with Gasteiger partial charge in [-0.25, -0.2) is 9.97 Å². The Hall–Kier alpha value is -1.51. The summed E-state index contributed by atoms with van der Waals surface area (Å²) in [5, 5.41) is 3.61. The third kappa shape index (κ3) is 4.90. The van der Waals surface area contributed by atoms with Gasteiger partial charge < -0.3 is 14.6 Å². The second-order valence-corrected chi connectivity index (χ2v) is 15.0. The van der Waals surface area contributed by atoms with Crippen molar-refractivity contribution in [3.63, 3.8) is 0 Å². The molecule has 0 aliphatic carbocycles. The molecule has 1 amide bonds. The van der Waals surface area contributed by atoms with Crippen LogP contribution in [-0.4, -0.2) is 43.9 Å². The van der Waals surface area contributed by atoms with Crippen molar-refractivity contribution < 1.29 is 9.22 Å². The molecule has 1 aliphatic rings. The minimum atomic E-state index is -1.67. The van der Waals surface area contributed by atoms with E-state index in [2.05, 4.69) is 49.1 Å². The lowest BCUT2D eigenvalue weighted by Crippen LogP contribution is -2.43. The van der Waals surface area contributed by atoms with Gasteiger partial charge in [0.25, 0.3) is 0 Å². The number of thiazole rings is 1. The van der Waals surface area contributed by atoms with Crippen molar-refractivity contribution >= 4 is 46.9 Å². The maximum Gasteiger partial charge on any atom is 0.223 e. The molecule has 0 spiro atoms. The molecule has 0 aromatic carbocycles. The maximum atomic E-state index is 11.2. The largest absolute Gasteiger partial charge is 0.417 e. The summed E-state index contributed by atoms with van der Waals surface area (Å²) in [6.07, 6.45) is 2.27. The van der Waals surface area contributed by atoms with Gasteiger partial charge in [0.2, 0.25) is 5.91 Å². The van der Waals surface area contributed by atoms with Crippen molar-refractivity contribution in [1.29, 1.82) is 0 Å². The lowest BCUT2D eigenvalue weighted by Gasteiger charge is -2.39. The summed E-state index contributed by atoms with van der Waals surface area (Å²) in [6, 6.07) is 4.03. The van der Waals surface area contributed by atoms with Crippen LogP contribution in [0.1, 0.15) is 40.5 Å². The van der Waals surface area contributed by atoms with Gasteiger partial charge >= 0.3 is 0 Å². The molecule has 1 saturated heterocycles. The molecule has 1 aliphatic heterocycles. The van der Waals surface area contributed by atoms with Crippen molar-refractivity contribution in [2.45, 2.75) is 58.7 Å². The van der Waals surface area contributed by atoms with E-state index in [1.807, 2.05) is 12.1 Å². The number of rotatable bonds is 5. The Balaban J connectivity index is 1.58. The number of hydrogen-bond acceptors (Lipinski definition) is 6. The van der Waals surface area contributed by atoms with Crippen LogP contribution in [0.4, 0.5) is 10.9 Å². The molecule has 0 saturated carbocycles. The van der Waals surface area contributed by atoms with E-state index in [0.29, 0.717) is 11.0 Å². The molecule has 0 atom stereocenters. The molecular formula is C20H32N4O2SSi. The molecule has 0 bridgehead atoms. The van der Waals surface area contributed by atoms with Gasteiger partial charge in [-0.1, -0.05) is 32.1 Å². The van der Waals surface area contributed by atoms with E-state index in [-0.39, 0.29) is 10.9 Å². The van der Waals surface area contributed by atoms with Crippen molar-refractivity contribution in [3.05, 3.63) is 12.1 Å². The number of amides is 1. The summed E-state index contributed by atoms with van der Waals surface area (Å²) in [7, 11) is -1.67. The molecule has 2 aromatic heterocycles. The highest BCUT2D eigenvalue weighted by Crippen LogP contribution is 2.37. The number of fused-ring (bicyclic) bond motifs is 1. The van der Waals surface area contributed by atoms with Crippen LogP contribution in [0.5, 0.6) is 0 Å². The molecular weight excluding hydrogens is 388 g/mol. The standard InChI is InChI=1S/C20H32N4O2SSi/c1-14(25)21-19-22-16-7-8-17(23-18(16)27-19)24-11-9-15(10-12-24)13-26-28(5,6)20(2,3)4/h7-8,15H,9-13H2,1-6H3,(H,21,22,25). The van der Waals surface area contributed by atoms with Crippen molar-refractivity contribution in [1.82, 2.24) is 9.97 Å². The van der Waals surface area contributed by atoms with Crippen LogP contribution in [-0.2, 0) is 9.22 Å². The molecule has 6 nitrogen and oxygen atoms in total. The number of piperidine rings is 1. The first kappa shape index (κ1) is 21.2. The minimum absolute atomic E-state index is 0.110. The SMILES string of the molecule is CC(=O)Nc1nc2ccc(N3CCC(CO[Si](C)(C)C(C)(C)C)CC3)nc2s1. The lowest BCUT2D eigenvalue weighted by molar-refractivity contribution is -0.114. The fourth-order valence-corrected chi connectivity index (χ4v) is 5.02. The lowest BCUT2D eigenvalue weighted by atomic mass is 9.98. The Morgan fingerprint density at radius 1 is 1.29 bits per heavy atom. The third-order valence-electron chi connectivity index (χ3n) is 5.95. The Morgan fingerprint density at radius 3 is 2.57 bits per heavy atom. The number of hydrogen-bond donors (Lipinski definition) is 1. The van der Waals surface area contributed by atoms with Crippen LogP contribution in [0.15, 0.2) is 12.1 Å². The monoisotopic (exact) mass is 420 g/mol. The summed E-state index contributed by atoms with van der Waals surface area (Å²) in [6.45, 7) is 15.9. The van der Waals surface area contributed by atoms with E-state index in [0.717, 1.165) is 48.7 Å². The van der Waals surface area contributed by atoms with Gasteiger partial charge in [0.1, 0.15) is 16.2 Å². The predicted octanol–water partition coefficient (Wildman–Crippen LogP) is 4.89. The molecule has 8 heteroatoms. The highest BCUT2D eigenvalue weighted by atomic mass is 32.1. The summed E-state index contributed by atoms with van der Waals surface area (Å²) in [4.78, 5) is 23.6. The second kappa shape index (κ2) is 8.08. The zero-order valence-electron chi connectivity index (χ0n) is 17.8. The average Bonchev–Trinajstić information content (AvgIpc) is 3.00. The van der Waals surface area contributed by atoms with Gasteiger partial charge in [0.05, 0.1) is 0 Å². The van der Waals surface area contributed by atoms with Crippen LogP contribution in [0, 0.1) is 5.92 Å². The van der Waals surface area contributed by atoms with E-state index in [9.17, 15) is 4.79 Å². The molecule has 1 N–H and O–H groups in total. The third-order valence-corrected chi connectivity index (χ3v) is 11.3.